The van der Waals surface area contributed by atoms with Gasteiger partial charge in [0, 0.05) is 13.1 Å². The van der Waals surface area contributed by atoms with Gasteiger partial charge in [-0.05, 0) is 13.1 Å². The average molecular weight is 187 g/mol. The van der Waals surface area contributed by atoms with Crippen molar-refractivity contribution in [3.05, 3.63) is 11.9 Å². The van der Waals surface area contributed by atoms with Crippen LogP contribution in [-0.4, -0.2) is 38.3 Å². The molecule has 0 aromatic rings. The first-order chi connectivity index (χ1) is 6.23. The third-order valence-electron chi connectivity index (χ3n) is 2.42. The average Bonchev–Trinajstić information content (AvgIpc) is 2.10. The largest absolute Gasteiger partial charge is 0.379 e. The van der Waals surface area contributed by atoms with Crippen LogP contribution in [0.1, 0.15) is 13.8 Å². The Balaban J connectivity index is 0.000000396. The van der Waals surface area contributed by atoms with E-state index in [1.807, 2.05) is 20.9 Å². The first-order valence-corrected chi connectivity index (χ1v) is 4.85. The van der Waals surface area contributed by atoms with Crippen molar-refractivity contribution in [2.75, 3.05) is 33.4 Å². The van der Waals surface area contributed by atoms with Gasteiger partial charge < -0.3 is 9.64 Å². The topological polar surface area (TPSA) is 12.5 Å². The lowest BCUT2D eigenvalue weighted by molar-refractivity contribution is -0.115. The monoisotopic (exact) mass is 187 g/mol. The highest BCUT2D eigenvalue weighted by Gasteiger charge is 2.45. The Kier molecular flexibility index (Phi) is 3.45. The van der Waals surface area contributed by atoms with Crippen molar-refractivity contribution in [2.24, 2.45) is 5.41 Å². The van der Waals surface area contributed by atoms with Crippen molar-refractivity contribution in [3.63, 3.8) is 0 Å². The normalized spacial score (nSPS) is 25.7. The lowest BCUT2D eigenvalue weighted by Gasteiger charge is -2.44. The smallest absolute Gasteiger partial charge is 0.109 e. The van der Waals surface area contributed by atoms with Gasteiger partial charge in [-0.15, -0.1) is 0 Å². The molecule has 0 aliphatic carbocycles. The third-order valence-corrected chi connectivity index (χ3v) is 2.42. The maximum absolute atomic E-state index is 13.2. The summed E-state index contributed by atoms with van der Waals surface area (Å²) in [6, 6.07) is 0. The molecule has 0 aromatic heterocycles. The van der Waals surface area contributed by atoms with Gasteiger partial charge >= 0.3 is 0 Å². The zero-order valence-corrected chi connectivity index (χ0v) is 8.64. The van der Waals surface area contributed by atoms with Crippen LogP contribution in [0.2, 0.25) is 0 Å². The van der Waals surface area contributed by atoms with Crippen LogP contribution < -0.4 is 0 Å². The maximum atomic E-state index is 13.2. The van der Waals surface area contributed by atoms with E-state index in [2.05, 4.69) is 4.90 Å². The first-order valence-electron chi connectivity index (χ1n) is 4.85. The highest BCUT2D eigenvalue weighted by molar-refractivity contribution is 5.16. The van der Waals surface area contributed by atoms with E-state index in [4.69, 9.17) is 4.74 Å². The SMILES string of the molecule is CC.CN1CC=C(F)C2(COC2)C1. The van der Waals surface area contributed by atoms with E-state index in [0.29, 0.717) is 13.2 Å². The van der Waals surface area contributed by atoms with Gasteiger partial charge in [-0.3, -0.25) is 0 Å². The minimum absolute atomic E-state index is 0.0295. The van der Waals surface area contributed by atoms with Crippen LogP contribution in [0.3, 0.4) is 0 Å². The van der Waals surface area contributed by atoms with Gasteiger partial charge in [-0.25, -0.2) is 4.39 Å². The minimum atomic E-state index is -0.271. The molecule has 2 heterocycles. The second-order valence-corrected chi connectivity index (χ2v) is 3.52. The predicted octanol–water partition coefficient (Wildman–Crippen LogP) is 1.83. The molecule has 0 amide bonds. The zero-order valence-electron chi connectivity index (χ0n) is 8.64. The summed E-state index contributed by atoms with van der Waals surface area (Å²) in [4.78, 5) is 2.12. The molecule has 0 atom stereocenters. The molecule has 0 aromatic carbocycles. The summed E-state index contributed by atoms with van der Waals surface area (Å²) in [5, 5.41) is 0. The fraction of sp³-hybridized carbons (Fsp3) is 0.800. The number of nitrogens with zero attached hydrogens (tertiary/aromatic N) is 1. The quantitative estimate of drug-likeness (QED) is 0.573. The molecule has 2 aliphatic heterocycles. The number of rotatable bonds is 0. The van der Waals surface area contributed by atoms with Crippen molar-refractivity contribution >= 4 is 0 Å². The Morgan fingerprint density at radius 3 is 2.46 bits per heavy atom. The molecule has 0 N–H and O–H groups in total. The Bertz CT molecular complexity index is 199. The van der Waals surface area contributed by atoms with Crippen molar-refractivity contribution in [1.29, 1.82) is 0 Å². The summed E-state index contributed by atoms with van der Waals surface area (Å²) < 4.78 is 18.2. The molecule has 13 heavy (non-hydrogen) atoms. The fourth-order valence-electron chi connectivity index (χ4n) is 1.69. The van der Waals surface area contributed by atoms with Crippen LogP contribution in [0, 0.1) is 5.41 Å². The number of hydrogen-bond donors (Lipinski definition) is 0. The first kappa shape index (κ1) is 10.7. The van der Waals surface area contributed by atoms with E-state index in [0.717, 1.165) is 13.1 Å². The van der Waals surface area contributed by atoms with Crippen LogP contribution in [0.4, 0.5) is 4.39 Å². The lowest BCUT2D eigenvalue weighted by atomic mass is 9.82. The van der Waals surface area contributed by atoms with Crippen molar-refractivity contribution in [2.45, 2.75) is 13.8 Å². The predicted molar refractivity (Wildman–Crippen MR) is 51.3 cm³/mol. The zero-order chi connectivity index (χ0) is 9.90. The van der Waals surface area contributed by atoms with Crippen LogP contribution in [-0.2, 0) is 4.74 Å². The molecule has 2 rings (SSSR count). The molecule has 1 fully saturated rings. The lowest BCUT2D eigenvalue weighted by Crippen LogP contribution is -2.52. The summed E-state index contributed by atoms with van der Waals surface area (Å²) >= 11 is 0. The van der Waals surface area contributed by atoms with Gasteiger partial charge in [0.1, 0.15) is 5.83 Å². The molecule has 0 bridgehead atoms. The summed E-state index contributed by atoms with van der Waals surface area (Å²) in [6.45, 7) is 6.64. The molecular weight excluding hydrogens is 169 g/mol. The minimum Gasteiger partial charge on any atom is -0.379 e. The molecule has 0 saturated carbocycles. The Morgan fingerprint density at radius 2 is 2.08 bits per heavy atom. The van der Waals surface area contributed by atoms with Crippen molar-refractivity contribution < 1.29 is 9.13 Å². The summed E-state index contributed by atoms with van der Waals surface area (Å²) in [7, 11) is 2.00. The number of hydrogen-bond acceptors (Lipinski definition) is 2. The fourth-order valence-corrected chi connectivity index (χ4v) is 1.69. The van der Waals surface area contributed by atoms with Gasteiger partial charge in [0.2, 0.25) is 0 Å². The second kappa shape index (κ2) is 4.20. The number of ether oxygens (including phenoxy) is 1. The van der Waals surface area contributed by atoms with E-state index in [-0.39, 0.29) is 11.2 Å². The molecule has 3 heteroatoms. The summed E-state index contributed by atoms with van der Waals surface area (Å²) in [5.74, 6) is 0.0295. The molecule has 1 saturated heterocycles. The van der Waals surface area contributed by atoms with E-state index in [1.54, 1.807) is 6.08 Å². The molecule has 0 radical (unpaired) electrons. The maximum Gasteiger partial charge on any atom is 0.109 e. The third kappa shape index (κ3) is 1.92. The van der Waals surface area contributed by atoms with E-state index in [1.165, 1.54) is 0 Å². The Hall–Kier alpha value is -0.410. The Morgan fingerprint density at radius 1 is 1.46 bits per heavy atom. The molecule has 2 nitrogen and oxygen atoms in total. The van der Waals surface area contributed by atoms with Crippen molar-refractivity contribution in [3.8, 4) is 0 Å². The second-order valence-electron chi connectivity index (χ2n) is 3.52. The van der Waals surface area contributed by atoms with Crippen LogP contribution >= 0.6 is 0 Å². The number of halogens is 1. The standard InChI is InChI=1S/C8H12FNO.C2H6/c1-10-3-2-7(9)8(4-10)5-11-6-8;1-2/h2H,3-6H2,1H3;1-2H3. The van der Waals surface area contributed by atoms with E-state index >= 15 is 0 Å². The van der Waals surface area contributed by atoms with Gasteiger partial charge in [-0.2, -0.15) is 0 Å². The van der Waals surface area contributed by atoms with Gasteiger partial charge in [0.05, 0.1) is 18.6 Å². The molecule has 2 aliphatic rings. The molecule has 0 unspecified atom stereocenters. The van der Waals surface area contributed by atoms with E-state index < -0.39 is 0 Å². The van der Waals surface area contributed by atoms with Crippen LogP contribution in [0.5, 0.6) is 0 Å². The molecule has 1 spiro atoms. The van der Waals surface area contributed by atoms with Gasteiger partial charge in [0.15, 0.2) is 0 Å². The summed E-state index contributed by atoms with van der Waals surface area (Å²) in [5.41, 5.74) is -0.271. The van der Waals surface area contributed by atoms with E-state index in [9.17, 15) is 4.39 Å². The van der Waals surface area contributed by atoms with Crippen molar-refractivity contribution in [1.82, 2.24) is 4.90 Å². The summed E-state index contributed by atoms with van der Waals surface area (Å²) in [6.07, 6.45) is 1.66. The van der Waals surface area contributed by atoms with Crippen LogP contribution in [0.15, 0.2) is 11.9 Å². The molecule has 76 valence electrons. The Labute approximate surface area is 79.4 Å². The highest BCUT2D eigenvalue weighted by Crippen LogP contribution is 2.39. The number of likely N-dealkylation sites (N-methyl/N-ethyl adjacent to an activating group) is 1. The highest BCUT2D eigenvalue weighted by atomic mass is 19.1. The van der Waals surface area contributed by atoms with Crippen LogP contribution in [0.25, 0.3) is 0 Å². The van der Waals surface area contributed by atoms with Gasteiger partial charge in [-0.1, -0.05) is 13.8 Å². The molecular formula is C10H18FNO. The van der Waals surface area contributed by atoms with Gasteiger partial charge in [0.25, 0.3) is 0 Å².